The Morgan fingerprint density at radius 3 is 2.04 bits per heavy atom. The molecule has 0 aliphatic carbocycles. The van der Waals surface area contributed by atoms with Gasteiger partial charge in [-0.1, -0.05) is 95.0 Å². The first-order valence-corrected chi connectivity index (χ1v) is 10.4. The zero-order chi connectivity index (χ0) is 18.5. The lowest BCUT2D eigenvalue weighted by Gasteiger charge is -2.11. The third-order valence-corrected chi connectivity index (χ3v) is 5.00. The minimum Gasteiger partial charge on any atom is -0.493 e. The molecule has 0 atom stereocenters. The fourth-order valence-electron chi connectivity index (χ4n) is 3.47. The van der Waals surface area contributed by atoms with Crippen LogP contribution in [0.4, 0.5) is 0 Å². The molecule has 0 unspecified atom stereocenters. The van der Waals surface area contributed by atoms with Crippen LogP contribution >= 0.6 is 0 Å². The molecular weight excluding hydrogens is 318 g/mol. The first kappa shape index (κ1) is 20.3. The second-order valence-electron chi connectivity index (χ2n) is 7.13. The summed E-state index contributed by atoms with van der Waals surface area (Å²) in [6.45, 7) is 3.05. The summed E-state index contributed by atoms with van der Waals surface area (Å²) in [5.74, 6) is 0.943. The molecule has 26 heavy (non-hydrogen) atoms. The van der Waals surface area contributed by atoms with Crippen LogP contribution in [-0.2, 0) is 6.42 Å². The van der Waals surface area contributed by atoms with E-state index in [0.717, 1.165) is 35.1 Å². The van der Waals surface area contributed by atoms with Crippen LogP contribution in [-0.4, -0.2) is 6.61 Å². The molecule has 0 N–H and O–H groups in total. The summed E-state index contributed by atoms with van der Waals surface area (Å²) in [6.07, 6.45) is 13.8. The van der Waals surface area contributed by atoms with Crippen molar-refractivity contribution in [1.29, 1.82) is 5.26 Å². The normalized spacial score (nSPS) is 10.8. The molecule has 2 rings (SSSR count). The Morgan fingerprint density at radius 2 is 1.38 bits per heavy atom. The van der Waals surface area contributed by atoms with Gasteiger partial charge >= 0.3 is 0 Å². The van der Waals surface area contributed by atoms with Gasteiger partial charge in [0.05, 0.1) is 19.1 Å². The Morgan fingerprint density at radius 1 is 0.769 bits per heavy atom. The van der Waals surface area contributed by atoms with Gasteiger partial charge in [0, 0.05) is 5.39 Å². The van der Waals surface area contributed by atoms with Crippen molar-refractivity contribution in [2.24, 2.45) is 0 Å². The van der Waals surface area contributed by atoms with Crippen molar-refractivity contribution < 1.29 is 4.74 Å². The number of ether oxygens (including phenoxy) is 1. The molecule has 0 radical (unpaired) electrons. The molecule has 0 saturated heterocycles. The highest BCUT2D eigenvalue weighted by molar-refractivity contribution is 5.91. The minimum absolute atomic E-state index is 0.444. The van der Waals surface area contributed by atoms with Crippen molar-refractivity contribution in [1.82, 2.24) is 0 Å². The van der Waals surface area contributed by atoms with Crippen molar-refractivity contribution in [2.45, 2.75) is 77.6 Å². The number of hydrogen-bond acceptors (Lipinski definition) is 2. The second kappa shape index (κ2) is 12.4. The lowest BCUT2D eigenvalue weighted by Crippen LogP contribution is -1.99. The van der Waals surface area contributed by atoms with E-state index in [2.05, 4.69) is 25.1 Å². The van der Waals surface area contributed by atoms with E-state index in [4.69, 9.17) is 10.00 Å². The van der Waals surface area contributed by atoms with Crippen LogP contribution in [0.2, 0.25) is 0 Å². The maximum absolute atomic E-state index is 8.98. The average Bonchev–Trinajstić information content (AvgIpc) is 2.67. The van der Waals surface area contributed by atoms with Gasteiger partial charge in [-0.25, -0.2) is 0 Å². The van der Waals surface area contributed by atoms with Crippen molar-refractivity contribution >= 4 is 10.8 Å². The molecule has 0 fully saturated rings. The second-order valence-corrected chi connectivity index (χ2v) is 7.13. The quantitative estimate of drug-likeness (QED) is 0.357. The first-order chi connectivity index (χ1) is 12.9. The number of nitriles is 1. The minimum atomic E-state index is 0.444. The number of hydrogen-bond donors (Lipinski definition) is 0. The smallest absolute Gasteiger partial charge is 0.127 e. The van der Waals surface area contributed by atoms with E-state index in [1.807, 2.05) is 24.3 Å². The van der Waals surface area contributed by atoms with E-state index in [9.17, 15) is 0 Å². The molecule has 0 spiro atoms. The van der Waals surface area contributed by atoms with E-state index in [-0.39, 0.29) is 0 Å². The molecule has 0 heterocycles. The Bertz CT molecular complexity index is 686. The molecule has 2 aromatic carbocycles. The lowest BCUT2D eigenvalue weighted by molar-refractivity contribution is 0.307. The van der Waals surface area contributed by atoms with Crippen LogP contribution in [0.25, 0.3) is 10.8 Å². The SMILES string of the molecule is CCCCCCCCCCCCOc1ccc(CC#N)c2ccccc12. The molecule has 0 aliphatic rings. The summed E-state index contributed by atoms with van der Waals surface area (Å²) in [7, 11) is 0. The molecule has 0 aromatic heterocycles. The molecular formula is C24H33NO. The van der Waals surface area contributed by atoms with Crippen LogP contribution in [0.5, 0.6) is 5.75 Å². The predicted octanol–water partition coefficient (Wildman–Crippen LogP) is 7.21. The summed E-state index contributed by atoms with van der Waals surface area (Å²) < 4.78 is 6.04. The molecule has 2 heteroatoms. The fourth-order valence-corrected chi connectivity index (χ4v) is 3.47. The topological polar surface area (TPSA) is 33.0 Å². The summed E-state index contributed by atoms with van der Waals surface area (Å²) >= 11 is 0. The molecule has 0 amide bonds. The lowest BCUT2D eigenvalue weighted by atomic mass is 10.0. The number of rotatable bonds is 13. The van der Waals surface area contributed by atoms with Gasteiger partial charge in [0.2, 0.25) is 0 Å². The van der Waals surface area contributed by atoms with Crippen molar-refractivity contribution in [2.75, 3.05) is 6.61 Å². The average molecular weight is 352 g/mol. The Labute approximate surface area is 159 Å². The summed E-state index contributed by atoms with van der Waals surface area (Å²) in [6, 6.07) is 14.5. The van der Waals surface area contributed by atoms with E-state index in [1.165, 1.54) is 57.8 Å². The van der Waals surface area contributed by atoms with Crippen molar-refractivity contribution in [3.63, 3.8) is 0 Å². The van der Waals surface area contributed by atoms with Crippen molar-refractivity contribution in [3.05, 3.63) is 42.0 Å². The Hall–Kier alpha value is -2.01. The number of benzene rings is 2. The Kier molecular flexibility index (Phi) is 9.65. The van der Waals surface area contributed by atoms with Crippen LogP contribution in [0.15, 0.2) is 36.4 Å². The van der Waals surface area contributed by atoms with Gasteiger partial charge in [-0.3, -0.25) is 0 Å². The van der Waals surface area contributed by atoms with Crippen molar-refractivity contribution in [3.8, 4) is 11.8 Å². The van der Waals surface area contributed by atoms with E-state index in [1.54, 1.807) is 0 Å². The number of fused-ring (bicyclic) bond motifs is 1. The third kappa shape index (κ3) is 6.71. The van der Waals surface area contributed by atoms with E-state index in [0.29, 0.717) is 6.42 Å². The zero-order valence-corrected chi connectivity index (χ0v) is 16.3. The maximum atomic E-state index is 8.98. The van der Waals surface area contributed by atoms with E-state index < -0.39 is 0 Å². The zero-order valence-electron chi connectivity index (χ0n) is 16.3. The fraction of sp³-hybridized carbons (Fsp3) is 0.542. The highest BCUT2D eigenvalue weighted by Crippen LogP contribution is 2.29. The van der Waals surface area contributed by atoms with Crippen LogP contribution in [0.1, 0.15) is 76.7 Å². The largest absolute Gasteiger partial charge is 0.493 e. The molecule has 0 aliphatic heterocycles. The summed E-state index contributed by atoms with van der Waals surface area (Å²) in [4.78, 5) is 0. The van der Waals surface area contributed by atoms with Gasteiger partial charge < -0.3 is 4.74 Å². The van der Waals surface area contributed by atoms with Gasteiger partial charge in [-0.15, -0.1) is 0 Å². The van der Waals surface area contributed by atoms with Gasteiger partial charge in [0.1, 0.15) is 5.75 Å². The molecule has 0 bridgehead atoms. The van der Waals surface area contributed by atoms with Gasteiger partial charge in [0.15, 0.2) is 0 Å². The molecule has 2 aromatic rings. The molecule has 0 saturated carbocycles. The number of unbranched alkanes of at least 4 members (excludes halogenated alkanes) is 9. The standard InChI is InChI=1S/C24H33NO/c1-2-3-4-5-6-7-8-9-10-13-20-26-24-17-16-21(18-19-25)22-14-11-12-15-23(22)24/h11-12,14-17H,2-10,13,18,20H2,1H3. The highest BCUT2D eigenvalue weighted by Gasteiger charge is 2.06. The highest BCUT2D eigenvalue weighted by atomic mass is 16.5. The van der Waals surface area contributed by atoms with Gasteiger partial charge in [-0.2, -0.15) is 5.26 Å². The first-order valence-electron chi connectivity index (χ1n) is 10.4. The molecule has 140 valence electrons. The molecule has 2 nitrogen and oxygen atoms in total. The Balaban J connectivity index is 1.67. The monoisotopic (exact) mass is 351 g/mol. The maximum Gasteiger partial charge on any atom is 0.127 e. The van der Waals surface area contributed by atoms with Gasteiger partial charge in [-0.05, 0) is 23.4 Å². The van der Waals surface area contributed by atoms with E-state index >= 15 is 0 Å². The predicted molar refractivity (Wildman–Crippen MR) is 111 cm³/mol. The van der Waals surface area contributed by atoms with Gasteiger partial charge in [0.25, 0.3) is 0 Å². The van der Waals surface area contributed by atoms with Crippen LogP contribution in [0.3, 0.4) is 0 Å². The summed E-state index contributed by atoms with van der Waals surface area (Å²) in [5.41, 5.74) is 1.08. The third-order valence-electron chi connectivity index (χ3n) is 5.00. The summed E-state index contributed by atoms with van der Waals surface area (Å²) in [5, 5.41) is 11.2. The van der Waals surface area contributed by atoms with Crippen LogP contribution < -0.4 is 4.74 Å². The van der Waals surface area contributed by atoms with Crippen LogP contribution in [0, 0.1) is 11.3 Å². The number of nitrogens with zero attached hydrogens (tertiary/aromatic N) is 1.